The van der Waals surface area contributed by atoms with E-state index < -0.39 is 5.97 Å². The molecule has 0 spiro atoms. The van der Waals surface area contributed by atoms with Crippen LogP contribution in [0.4, 0.5) is 0 Å². The zero-order chi connectivity index (χ0) is 19.5. The number of carbonyl (C=O) groups excluding carboxylic acids is 1. The van der Waals surface area contributed by atoms with Crippen molar-refractivity contribution in [2.75, 3.05) is 26.9 Å². The third kappa shape index (κ3) is 6.08. The minimum atomic E-state index is -0.655. The van der Waals surface area contributed by atoms with E-state index in [1.807, 2.05) is 36.4 Å². The van der Waals surface area contributed by atoms with Crippen LogP contribution in [0.25, 0.3) is 6.08 Å². The van der Waals surface area contributed by atoms with Crippen LogP contribution in [-0.2, 0) is 9.53 Å². The second-order valence-electron chi connectivity index (χ2n) is 5.31. The molecule has 0 fully saturated rings. The van der Waals surface area contributed by atoms with E-state index in [0.717, 1.165) is 5.75 Å². The molecule has 0 radical (unpaired) electrons. The van der Waals surface area contributed by atoms with Gasteiger partial charge in [-0.1, -0.05) is 24.3 Å². The molecule has 2 aromatic rings. The first-order valence-electron chi connectivity index (χ1n) is 8.45. The summed E-state index contributed by atoms with van der Waals surface area (Å²) in [5.74, 6) is 1.15. The second-order valence-corrected chi connectivity index (χ2v) is 5.31. The average molecular weight is 367 g/mol. The summed E-state index contributed by atoms with van der Waals surface area (Å²) in [4.78, 5) is 11.7. The zero-order valence-electron chi connectivity index (χ0n) is 15.3. The summed E-state index contributed by atoms with van der Waals surface area (Å²) in [7, 11) is 1.52. The highest BCUT2D eigenvalue weighted by Crippen LogP contribution is 2.29. The predicted molar refractivity (Wildman–Crippen MR) is 101 cm³/mol. The summed E-state index contributed by atoms with van der Waals surface area (Å²) in [6.07, 6.45) is 1.45. The number of nitrogens with zero attached hydrogens (tertiary/aromatic N) is 1. The summed E-state index contributed by atoms with van der Waals surface area (Å²) in [5.41, 5.74) is 0.549. The minimum absolute atomic E-state index is 0.0798. The van der Waals surface area contributed by atoms with Crippen LogP contribution in [0.5, 0.6) is 17.2 Å². The number of benzene rings is 2. The maximum atomic E-state index is 11.7. The molecule has 0 N–H and O–H groups in total. The Balaban J connectivity index is 2.00. The van der Waals surface area contributed by atoms with Crippen LogP contribution in [-0.4, -0.2) is 32.9 Å². The van der Waals surface area contributed by atoms with E-state index in [1.54, 1.807) is 25.1 Å². The predicted octanol–water partition coefficient (Wildman–Crippen LogP) is 3.62. The fraction of sp³-hybridized carbons (Fsp3) is 0.238. The van der Waals surface area contributed by atoms with Crippen molar-refractivity contribution in [1.82, 2.24) is 0 Å². The molecule has 0 atom stereocenters. The number of para-hydroxylation sites is 1. The van der Waals surface area contributed by atoms with E-state index >= 15 is 0 Å². The SMILES string of the molecule is CCOC(=O)/C(C#N)=C/c1ccc(OCCOc2ccccc2)c(OC)c1. The lowest BCUT2D eigenvalue weighted by atomic mass is 10.1. The Hall–Kier alpha value is -3.46. The normalized spacial score (nSPS) is 10.6. The van der Waals surface area contributed by atoms with Crippen molar-refractivity contribution in [2.45, 2.75) is 6.92 Å². The van der Waals surface area contributed by atoms with Gasteiger partial charge in [-0.15, -0.1) is 0 Å². The van der Waals surface area contributed by atoms with E-state index in [9.17, 15) is 4.79 Å². The number of carbonyl (C=O) groups is 1. The summed E-state index contributed by atoms with van der Waals surface area (Å²) < 4.78 is 21.5. The third-order valence-electron chi connectivity index (χ3n) is 3.47. The lowest BCUT2D eigenvalue weighted by molar-refractivity contribution is -0.137. The maximum absolute atomic E-state index is 11.7. The van der Waals surface area contributed by atoms with E-state index in [-0.39, 0.29) is 12.2 Å². The lowest BCUT2D eigenvalue weighted by Crippen LogP contribution is -2.09. The van der Waals surface area contributed by atoms with Gasteiger partial charge in [0.2, 0.25) is 0 Å². The lowest BCUT2D eigenvalue weighted by Gasteiger charge is -2.12. The number of hydrogen-bond acceptors (Lipinski definition) is 6. The molecule has 2 rings (SSSR count). The molecule has 0 unspecified atom stereocenters. The van der Waals surface area contributed by atoms with Gasteiger partial charge in [0, 0.05) is 0 Å². The van der Waals surface area contributed by atoms with Gasteiger partial charge in [0.15, 0.2) is 11.5 Å². The highest BCUT2D eigenvalue weighted by atomic mass is 16.5. The number of hydrogen-bond donors (Lipinski definition) is 0. The maximum Gasteiger partial charge on any atom is 0.348 e. The molecule has 0 heterocycles. The molecule has 0 saturated heterocycles. The minimum Gasteiger partial charge on any atom is -0.493 e. The number of nitriles is 1. The molecule has 0 amide bonds. The smallest absolute Gasteiger partial charge is 0.348 e. The Labute approximate surface area is 158 Å². The quantitative estimate of drug-likeness (QED) is 0.292. The van der Waals surface area contributed by atoms with Crippen molar-refractivity contribution in [3.63, 3.8) is 0 Å². The van der Waals surface area contributed by atoms with Crippen molar-refractivity contribution in [3.05, 3.63) is 59.7 Å². The molecule has 27 heavy (non-hydrogen) atoms. The van der Waals surface area contributed by atoms with Crippen LogP contribution < -0.4 is 14.2 Å². The Kier molecular flexibility index (Phi) is 7.73. The van der Waals surface area contributed by atoms with Gasteiger partial charge in [-0.2, -0.15) is 5.26 Å². The van der Waals surface area contributed by atoms with Crippen LogP contribution in [0.15, 0.2) is 54.1 Å². The van der Waals surface area contributed by atoms with E-state index in [4.69, 9.17) is 24.2 Å². The molecule has 0 aliphatic heterocycles. The number of methoxy groups -OCH3 is 1. The van der Waals surface area contributed by atoms with Crippen molar-refractivity contribution < 1.29 is 23.7 Å². The Morgan fingerprint density at radius 1 is 1.07 bits per heavy atom. The molecule has 0 aromatic heterocycles. The summed E-state index contributed by atoms with van der Waals surface area (Å²) in [6.45, 7) is 2.62. The van der Waals surface area contributed by atoms with E-state index in [1.165, 1.54) is 13.2 Å². The van der Waals surface area contributed by atoms with Gasteiger partial charge < -0.3 is 18.9 Å². The fourth-order valence-corrected chi connectivity index (χ4v) is 2.23. The molecule has 6 nitrogen and oxygen atoms in total. The second kappa shape index (κ2) is 10.5. The molecule has 140 valence electrons. The highest BCUT2D eigenvalue weighted by Gasteiger charge is 2.11. The highest BCUT2D eigenvalue weighted by molar-refractivity contribution is 5.97. The summed E-state index contributed by atoms with van der Waals surface area (Å²) >= 11 is 0. The summed E-state index contributed by atoms with van der Waals surface area (Å²) in [5, 5.41) is 9.11. The molecule has 0 saturated carbocycles. The Morgan fingerprint density at radius 3 is 2.48 bits per heavy atom. The monoisotopic (exact) mass is 367 g/mol. The topological polar surface area (TPSA) is 77.8 Å². The van der Waals surface area contributed by atoms with Gasteiger partial charge in [0.25, 0.3) is 0 Å². The molecular weight excluding hydrogens is 346 g/mol. The van der Waals surface area contributed by atoms with Crippen LogP contribution >= 0.6 is 0 Å². The number of esters is 1. The first-order valence-corrected chi connectivity index (χ1v) is 8.45. The molecule has 0 aliphatic carbocycles. The van der Waals surface area contributed by atoms with Crippen LogP contribution in [0.1, 0.15) is 12.5 Å². The van der Waals surface area contributed by atoms with Gasteiger partial charge in [-0.25, -0.2) is 4.79 Å². The van der Waals surface area contributed by atoms with Gasteiger partial charge in [-0.3, -0.25) is 0 Å². The molecular formula is C21H21NO5. The van der Waals surface area contributed by atoms with E-state index in [0.29, 0.717) is 30.3 Å². The van der Waals surface area contributed by atoms with Crippen molar-refractivity contribution in [2.24, 2.45) is 0 Å². The fourth-order valence-electron chi connectivity index (χ4n) is 2.23. The van der Waals surface area contributed by atoms with Crippen LogP contribution in [0, 0.1) is 11.3 Å². The first-order chi connectivity index (χ1) is 13.2. The third-order valence-corrected chi connectivity index (χ3v) is 3.47. The van der Waals surface area contributed by atoms with Gasteiger partial charge in [0.05, 0.1) is 13.7 Å². The van der Waals surface area contributed by atoms with Crippen molar-refractivity contribution in [3.8, 4) is 23.3 Å². The Morgan fingerprint density at radius 2 is 1.81 bits per heavy atom. The van der Waals surface area contributed by atoms with Gasteiger partial charge in [-0.05, 0) is 42.8 Å². The van der Waals surface area contributed by atoms with Crippen molar-refractivity contribution >= 4 is 12.0 Å². The summed E-state index contributed by atoms with van der Waals surface area (Å²) in [6, 6.07) is 16.4. The van der Waals surface area contributed by atoms with Gasteiger partial charge in [0.1, 0.15) is 30.6 Å². The van der Waals surface area contributed by atoms with Crippen LogP contribution in [0.3, 0.4) is 0 Å². The number of ether oxygens (including phenoxy) is 4. The van der Waals surface area contributed by atoms with Crippen molar-refractivity contribution in [1.29, 1.82) is 5.26 Å². The van der Waals surface area contributed by atoms with Crippen LogP contribution in [0.2, 0.25) is 0 Å². The first kappa shape index (κ1) is 19.9. The van der Waals surface area contributed by atoms with E-state index in [2.05, 4.69) is 0 Å². The Bertz CT molecular complexity index is 824. The molecule has 0 aliphatic rings. The molecule has 2 aromatic carbocycles. The largest absolute Gasteiger partial charge is 0.493 e. The average Bonchev–Trinajstić information content (AvgIpc) is 2.70. The standard InChI is InChI=1S/C21H21NO5/c1-3-25-21(23)17(15-22)13-16-9-10-19(20(14-16)24-2)27-12-11-26-18-7-5-4-6-8-18/h4-10,13-14H,3,11-12H2,1-2H3/b17-13+. The number of rotatable bonds is 9. The molecule has 0 bridgehead atoms. The zero-order valence-corrected chi connectivity index (χ0v) is 15.3. The van der Waals surface area contributed by atoms with Gasteiger partial charge >= 0.3 is 5.97 Å². The molecule has 6 heteroatoms.